The number of rotatable bonds is 6. The van der Waals surface area contributed by atoms with Crippen LogP contribution in [0.4, 0.5) is 0 Å². The van der Waals surface area contributed by atoms with Gasteiger partial charge in [-0.25, -0.2) is 8.42 Å². The normalized spacial score (nSPS) is 18.5. The van der Waals surface area contributed by atoms with Gasteiger partial charge >= 0.3 is 0 Å². The number of hydrogen-bond donors (Lipinski definition) is 1. The van der Waals surface area contributed by atoms with Crippen molar-refractivity contribution in [1.29, 1.82) is 0 Å². The second-order valence-electron chi connectivity index (χ2n) is 6.76. The summed E-state index contributed by atoms with van der Waals surface area (Å²) in [7, 11) is -3.45. The van der Waals surface area contributed by atoms with Crippen LogP contribution in [-0.4, -0.2) is 37.8 Å². The van der Waals surface area contributed by atoms with E-state index in [9.17, 15) is 13.2 Å². The first-order valence-corrected chi connectivity index (χ1v) is 10.2. The van der Waals surface area contributed by atoms with Crippen LogP contribution in [0.2, 0.25) is 0 Å². The fraction of sp³-hybridized carbons (Fsp3) is 0.611. The zero-order valence-corrected chi connectivity index (χ0v) is 15.6. The molecule has 0 aliphatic carbocycles. The van der Waals surface area contributed by atoms with E-state index in [0.29, 0.717) is 36.7 Å². The van der Waals surface area contributed by atoms with E-state index in [2.05, 4.69) is 26.1 Å². The minimum absolute atomic E-state index is 0.0623. The Morgan fingerprint density at radius 3 is 2.29 bits per heavy atom. The van der Waals surface area contributed by atoms with Gasteiger partial charge in [-0.3, -0.25) is 4.79 Å². The molecule has 1 aliphatic heterocycles. The van der Waals surface area contributed by atoms with E-state index in [4.69, 9.17) is 0 Å². The van der Waals surface area contributed by atoms with Gasteiger partial charge in [0.1, 0.15) is 0 Å². The number of carbonyl (C=O) groups excluding carboxylic acids is 1. The van der Waals surface area contributed by atoms with E-state index in [1.165, 1.54) is 4.31 Å². The summed E-state index contributed by atoms with van der Waals surface area (Å²) in [5.41, 5.74) is 0. The Balaban J connectivity index is 1.95. The van der Waals surface area contributed by atoms with Crippen molar-refractivity contribution in [3.63, 3.8) is 0 Å². The lowest BCUT2D eigenvalue weighted by molar-refractivity contribution is -0.127. The summed E-state index contributed by atoms with van der Waals surface area (Å²) in [6.07, 6.45) is 2.06. The second-order valence-corrected chi connectivity index (χ2v) is 8.70. The average molecular weight is 353 g/mol. The van der Waals surface area contributed by atoms with Crippen LogP contribution in [0.1, 0.15) is 40.0 Å². The minimum Gasteiger partial charge on any atom is -0.353 e. The molecule has 134 valence electrons. The molecular formula is C18H28N2O3S. The maximum atomic E-state index is 12.6. The first-order chi connectivity index (χ1) is 11.4. The topological polar surface area (TPSA) is 66.5 Å². The molecular weight excluding hydrogens is 324 g/mol. The molecule has 1 fully saturated rings. The Hall–Kier alpha value is -1.40. The SMILES string of the molecule is CCC(NC(=O)C1CCN(S(=O)(=O)c2ccccc2)CC1)C(C)C. The molecule has 0 bridgehead atoms. The molecule has 0 aromatic heterocycles. The predicted octanol–water partition coefficient (Wildman–Crippen LogP) is 2.64. The van der Waals surface area contributed by atoms with Crippen molar-refractivity contribution in [2.45, 2.75) is 51.0 Å². The lowest BCUT2D eigenvalue weighted by Crippen LogP contribution is -2.46. The highest BCUT2D eigenvalue weighted by Crippen LogP contribution is 2.24. The summed E-state index contributed by atoms with van der Waals surface area (Å²) in [4.78, 5) is 12.7. The number of carbonyl (C=O) groups is 1. The van der Waals surface area contributed by atoms with Crippen LogP contribution < -0.4 is 5.32 Å². The Bertz CT molecular complexity index is 635. The molecule has 0 spiro atoms. The third kappa shape index (κ3) is 4.36. The molecule has 2 rings (SSSR count). The smallest absolute Gasteiger partial charge is 0.243 e. The van der Waals surface area contributed by atoms with Crippen LogP contribution in [0.5, 0.6) is 0 Å². The molecule has 1 amide bonds. The van der Waals surface area contributed by atoms with E-state index < -0.39 is 10.0 Å². The summed E-state index contributed by atoms with van der Waals surface area (Å²) in [6, 6.07) is 8.66. The maximum absolute atomic E-state index is 12.6. The van der Waals surface area contributed by atoms with Crippen molar-refractivity contribution in [2.24, 2.45) is 11.8 Å². The lowest BCUT2D eigenvalue weighted by atomic mass is 9.95. The van der Waals surface area contributed by atoms with Crippen LogP contribution in [0.3, 0.4) is 0 Å². The van der Waals surface area contributed by atoms with Gasteiger partial charge in [0.25, 0.3) is 0 Å². The predicted molar refractivity (Wildman–Crippen MR) is 95.0 cm³/mol. The molecule has 1 aliphatic rings. The molecule has 1 aromatic carbocycles. The van der Waals surface area contributed by atoms with Gasteiger partial charge in [-0.15, -0.1) is 0 Å². The maximum Gasteiger partial charge on any atom is 0.243 e. The third-order valence-corrected chi connectivity index (χ3v) is 6.69. The number of nitrogens with zero attached hydrogens (tertiary/aromatic N) is 1. The monoisotopic (exact) mass is 352 g/mol. The molecule has 0 radical (unpaired) electrons. The Labute approximate surface area is 145 Å². The van der Waals surface area contributed by atoms with Gasteiger partial charge < -0.3 is 5.32 Å². The summed E-state index contributed by atoms with van der Waals surface area (Å²) < 4.78 is 26.7. The number of nitrogens with one attached hydrogen (secondary N) is 1. The molecule has 6 heteroatoms. The Kier molecular flexibility index (Phi) is 6.40. The first-order valence-electron chi connectivity index (χ1n) is 8.71. The van der Waals surface area contributed by atoms with Crippen molar-refractivity contribution >= 4 is 15.9 Å². The van der Waals surface area contributed by atoms with Gasteiger partial charge in [-0.05, 0) is 37.3 Å². The van der Waals surface area contributed by atoms with Gasteiger partial charge in [0.2, 0.25) is 15.9 Å². The highest BCUT2D eigenvalue weighted by molar-refractivity contribution is 7.89. The molecule has 0 saturated carbocycles. The standard InChI is InChI=1S/C18H28N2O3S/c1-4-17(14(2)3)19-18(21)15-10-12-20(13-11-15)24(22,23)16-8-6-5-7-9-16/h5-9,14-15,17H,4,10-13H2,1-3H3,(H,19,21). The molecule has 1 N–H and O–H groups in total. The third-order valence-electron chi connectivity index (χ3n) is 4.78. The van der Waals surface area contributed by atoms with Crippen LogP contribution in [0.25, 0.3) is 0 Å². The summed E-state index contributed by atoms with van der Waals surface area (Å²) in [6.45, 7) is 7.06. The van der Waals surface area contributed by atoms with Crippen molar-refractivity contribution in [1.82, 2.24) is 9.62 Å². The highest BCUT2D eigenvalue weighted by atomic mass is 32.2. The van der Waals surface area contributed by atoms with Crippen molar-refractivity contribution in [3.8, 4) is 0 Å². The highest BCUT2D eigenvalue weighted by Gasteiger charge is 2.32. The number of sulfonamides is 1. The summed E-state index contributed by atoms with van der Waals surface area (Å²) in [5.74, 6) is 0.366. The molecule has 1 unspecified atom stereocenters. The molecule has 1 heterocycles. The summed E-state index contributed by atoms with van der Waals surface area (Å²) >= 11 is 0. The fourth-order valence-electron chi connectivity index (χ4n) is 3.14. The first kappa shape index (κ1) is 18.9. The van der Waals surface area contributed by atoms with Gasteiger partial charge in [0.05, 0.1) is 4.90 Å². The van der Waals surface area contributed by atoms with Gasteiger partial charge in [-0.1, -0.05) is 39.0 Å². The van der Waals surface area contributed by atoms with E-state index >= 15 is 0 Å². The van der Waals surface area contributed by atoms with E-state index in [1.54, 1.807) is 30.3 Å². The fourth-order valence-corrected chi connectivity index (χ4v) is 4.63. The molecule has 24 heavy (non-hydrogen) atoms. The Morgan fingerprint density at radius 1 is 1.21 bits per heavy atom. The van der Waals surface area contributed by atoms with Gasteiger partial charge in [0.15, 0.2) is 0 Å². The van der Waals surface area contributed by atoms with Crippen LogP contribution in [-0.2, 0) is 14.8 Å². The van der Waals surface area contributed by atoms with Gasteiger partial charge in [0, 0.05) is 25.0 Å². The van der Waals surface area contributed by atoms with Crippen molar-refractivity contribution in [3.05, 3.63) is 30.3 Å². The lowest BCUT2D eigenvalue weighted by Gasteiger charge is -2.32. The molecule has 1 aromatic rings. The largest absolute Gasteiger partial charge is 0.353 e. The van der Waals surface area contributed by atoms with Crippen molar-refractivity contribution in [2.75, 3.05) is 13.1 Å². The zero-order valence-electron chi connectivity index (χ0n) is 14.7. The molecule has 5 nitrogen and oxygen atoms in total. The Morgan fingerprint density at radius 2 is 1.79 bits per heavy atom. The quantitative estimate of drug-likeness (QED) is 0.856. The average Bonchev–Trinajstić information content (AvgIpc) is 2.60. The van der Waals surface area contributed by atoms with Crippen LogP contribution >= 0.6 is 0 Å². The zero-order chi connectivity index (χ0) is 17.7. The minimum atomic E-state index is -3.45. The molecule has 1 saturated heterocycles. The molecule has 1 atom stereocenters. The summed E-state index contributed by atoms with van der Waals surface area (Å²) in [5, 5.41) is 3.11. The number of amides is 1. The van der Waals surface area contributed by atoms with Crippen LogP contribution in [0, 0.1) is 11.8 Å². The van der Waals surface area contributed by atoms with E-state index in [1.807, 2.05) is 0 Å². The van der Waals surface area contributed by atoms with Gasteiger partial charge in [-0.2, -0.15) is 4.31 Å². The van der Waals surface area contributed by atoms with E-state index in [-0.39, 0.29) is 17.9 Å². The number of benzene rings is 1. The van der Waals surface area contributed by atoms with Crippen LogP contribution in [0.15, 0.2) is 35.2 Å². The number of hydrogen-bond acceptors (Lipinski definition) is 3. The van der Waals surface area contributed by atoms with Crippen molar-refractivity contribution < 1.29 is 13.2 Å². The second kappa shape index (κ2) is 8.12. The van der Waals surface area contributed by atoms with E-state index in [0.717, 1.165) is 6.42 Å². The number of piperidine rings is 1.